The standard InChI is InChI=1S/C11H18O2Si/c1-14(2,13)7-10-5-8-3-4-9(8)6-11(10)12/h3-4,8-10,13H,5-7H2,1-2H3/t8-,9+,10+/m1/s1. The Kier molecular flexibility index (Phi) is 2.39. The van der Waals surface area contributed by atoms with Crippen molar-refractivity contribution in [2.24, 2.45) is 17.8 Å². The lowest BCUT2D eigenvalue weighted by atomic mass is 9.68. The minimum absolute atomic E-state index is 0.146. The fourth-order valence-electron chi connectivity index (χ4n) is 2.56. The summed E-state index contributed by atoms with van der Waals surface area (Å²) >= 11 is 0. The molecule has 0 spiro atoms. The van der Waals surface area contributed by atoms with E-state index in [1.807, 2.05) is 13.1 Å². The quantitative estimate of drug-likeness (QED) is 0.559. The third kappa shape index (κ3) is 1.98. The van der Waals surface area contributed by atoms with Crippen LogP contribution in [-0.4, -0.2) is 18.9 Å². The molecule has 3 atom stereocenters. The first kappa shape index (κ1) is 10.1. The highest BCUT2D eigenvalue weighted by molar-refractivity contribution is 6.70. The summed E-state index contributed by atoms with van der Waals surface area (Å²) in [5.74, 6) is 1.69. The Hall–Kier alpha value is -0.413. The van der Waals surface area contributed by atoms with Crippen LogP contribution in [0.4, 0.5) is 0 Å². The first-order valence-electron chi connectivity index (χ1n) is 5.39. The predicted molar refractivity (Wildman–Crippen MR) is 58.4 cm³/mol. The molecule has 0 radical (unpaired) electrons. The lowest BCUT2D eigenvalue weighted by Gasteiger charge is -2.38. The number of fused-ring (bicyclic) bond motifs is 1. The second kappa shape index (κ2) is 3.31. The van der Waals surface area contributed by atoms with E-state index in [0.29, 0.717) is 17.6 Å². The zero-order valence-corrected chi connectivity index (χ0v) is 9.86. The molecule has 0 unspecified atom stereocenters. The van der Waals surface area contributed by atoms with Crippen molar-refractivity contribution in [1.29, 1.82) is 0 Å². The van der Waals surface area contributed by atoms with E-state index in [1.165, 1.54) is 0 Å². The summed E-state index contributed by atoms with van der Waals surface area (Å²) in [6.07, 6.45) is 6.07. The maximum absolute atomic E-state index is 11.7. The molecule has 2 rings (SSSR count). The van der Waals surface area contributed by atoms with Gasteiger partial charge in [-0.1, -0.05) is 12.2 Å². The summed E-state index contributed by atoms with van der Waals surface area (Å²) in [4.78, 5) is 21.6. The van der Waals surface area contributed by atoms with Gasteiger partial charge in [0.2, 0.25) is 0 Å². The second-order valence-electron chi connectivity index (χ2n) is 5.33. The third-order valence-electron chi connectivity index (χ3n) is 3.35. The van der Waals surface area contributed by atoms with Crippen molar-refractivity contribution in [3.63, 3.8) is 0 Å². The van der Waals surface area contributed by atoms with Crippen LogP contribution in [0.5, 0.6) is 0 Å². The molecular weight excluding hydrogens is 192 g/mol. The van der Waals surface area contributed by atoms with E-state index < -0.39 is 8.32 Å². The number of allylic oxidation sites excluding steroid dienone is 2. The van der Waals surface area contributed by atoms with Gasteiger partial charge in [-0.3, -0.25) is 4.79 Å². The van der Waals surface area contributed by atoms with E-state index in [1.54, 1.807) is 0 Å². The number of carbonyl (C=O) groups excluding carboxylic acids is 1. The SMILES string of the molecule is C[Si](C)(O)C[C@@H]1C[C@H]2C=C[C@H]2CC1=O. The van der Waals surface area contributed by atoms with Gasteiger partial charge < -0.3 is 4.80 Å². The smallest absolute Gasteiger partial charge is 0.183 e. The number of carbonyl (C=O) groups is 1. The van der Waals surface area contributed by atoms with E-state index in [2.05, 4.69) is 12.2 Å². The lowest BCUT2D eigenvalue weighted by molar-refractivity contribution is -0.126. The maximum atomic E-state index is 11.7. The molecule has 0 heterocycles. The van der Waals surface area contributed by atoms with E-state index in [9.17, 15) is 9.59 Å². The molecule has 0 aromatic heterocycles. The minimum Gasteiger partial charge on any atom is -0.432 e. The summed E-state index contributed by atoms with van der Waals surface area (Å²) in [6, 6.07) is 0.753. The predicted octanol–water partition coefficient (Wildman–Crippen LogP) is 1.97. The Morgan fingerprint density at radius 2 is 2.07 bits per heavy atom. The Bertz CT molecular complexity index is 278. The Labute approximate surface area is 86.1 Å². The molecule has 2 aliphatic carbocycles. The number of ketones is 1. The molecule has 0 amide bonds. The molecule has 0 bridgehead atoms. The van der Waals surface area contributed by atoms with Crippen LogP contribution in [-0.2, 0) is 4.79 Å². The van der Waals surface area contributed by atoms with E-state index in [4.69, 9.17) is 0 Å². The van der Waals surface area contributed by atoms with Gasteiger partial charge in [0, 0.05) is 12.3 Å². The highest BCUT2D eigenvalue weighted by Crippen LogP contribution is 2.41. The number of rotatable bonds is 2. The molecule has 2 aliphatic rings. The zero-order chi connectivity index (χ0) is 10.3. The fraction of sp³-hybridized carbons (Fsp3) is 0.727. The molecule has 1 fully saturated rings. The average molecular weight is 210 g/mol. The van der Waals surface area contributed by atoms with Gasteiger partial charge in [-0.2, -0.15) is 0 Å². The summed E-state index contributed by atoms with van der Waals surface area (Å²) < 4.78 is 0. The van der Waals surface area contributed by atoms with Crippen molar-refractivity contribution in [3.05, 3.63) is 12.2 Å². The molecular formula is C11H18O2Si. The Morgan fingerprint density at radius 3 is 2.57 bits per heavy atom. The molecule has 2 nitrogen and oxygen atoms in total. The summed E-state index contributed by atoms with van der Waals surface area (Å²) in [5.41, 5.74) is 0. The fourth-order valence-corrected chi connectivity index (χ4v) is 4.16. The summed E-state index contributed by atoms with van der Waals surface area (Å²) in [5, 5.41) is 0. The average Bonchev–Trinajstić information content (AvgIpc) is 2.01. The summed E-state index contributed by atoms with van der Waals surface area (Å²) in [7, 11) is -2.06. The van der Waals surface area contributed by atoms with E-state index in [-0.39, 0.29) is 5.92 Å². The van der Waals surface area contributed by atoms with Crippen molar-refractivity contribution >= 4 is 14.1 Å². The Morgan fingerprint density at radius 1 is 1.43 bits per heavy atom. The zero-order valence-electron chi connectivity index (χ0n) is 8.86. The van der Waals surface area contributed by atoms with E-state index in [0.717, 1.165) is 18.9 Å². The van der Waals surface area contributed by atoms with Gasteiger partial charge in [-0.15, -0.1) is 0 Å². The van der Waals surface area contributed by atoms with Gasteiger partial charge >= 0.3 is 0 Å². The molecule has 0 aliphatic heterocycles. The van der Waals surface area contributed by atoms with Crippen molar-refractivity contribution in [3.8, 4) is 0 Å². The van der Waals surface area contributed by atoms with Gasteiger partial charge in [-0.05, 0) is 37.4 Å². The molecule has 3 heteroatoms. The lowest BCUT2D eigenvalue weighted by Crippen LogP contribution is -2.39. The molecule has 14 heavy (non-hydrogen) atoms. The van der Waals surface area contributed by atoms with Gasteiger partial charge in [0.25, 0.3) is 0 Å². The van der Waals surface area contributed by atoms with Crippen molar-refractivity contribution in [2.45, 2.75) is 32.0 Å². The van der Waals surface area contributed by atoms with Crippen LogP contribution < -0.4 is 0 Å². The second-order valence-corrected chi connectivity index (χ2v) is 9.37. The van der Waals surface area contributed by atoms with Gasteiger partial charge in [0.1, 0.15) is 5.78 Å². The molecule has 0 saturated heterocycles. The van der Waals surface area contributed by atoms with Crippen molar-refractivity contribution in [1.82, 2.24) is 0 Å². The molecule has 1 N–H and O–H groups in total. The summed E-state index contributed by atoms with van der Waals surface area (Å²) in [6.45, 7) is 3.84. The normalized spacial score (nSPS) is 36.5. The Balaban J connectivity index is 1.99. The van der Waals surface area contributed by atoms with Crippen LogP contribution >= 0.6 is 0 Å². The topological polar surface area (TPSA) is 37.3 Å². The van der Waals surface area contributed by atoms with Crippen molar-refractivity contribution < 1.29 is 9.59 Å². The molecule has 1 saturated carbocycles. The maximum Gasteiger partial charge on any atom is 0.183 e. The molecule has 0 aromatic rings. The molecule has 0 aromatic carbocycles. The first-order valence-corrected chi connectivity index (χ1v) is 8.54. The number of hydrogen-bond donors (Lipinski definition) is 1. The highest BCUT2D eigenvalue weighted by Gasteiger charge is 2.39. The monoisotopic (exact) mass is 210 g/mol. The third-order valence-corrected chi connectivity index (χ3v) is 4.84. The minimum atomic E-state index is -2.06. The van der Waals surface area contributed by atoms with Crippen LogP contribution in [0.2, 0.25) is 19.1 Å². The van der Waals surface area contributed by atoms with Crippen LogP contribution in [0.1, 0.15) is 12.8 Å². The van der Waals surface area contributed by atoms with Crippen LogP contribution in [0, 0.1) is 17.8 Å². The number of hydrogen-bond acceptors (Lipinski definition) is 2. The van der Waals surface area contributed by atoms with Gasteiger partial charge in [0.15, 0.2) is 8.32 Å². The molecule has 78 valence electrons. The first-order chi connectivity index (χ1) is 6.46. The van der Waals surface area contributed by atoms with Crippen molar-refractivity contribution in [2.75, 3.05) is 0 Å². The van der Waals surface area contributed by atoms with E-state index >= 15 is 0 Å². The highest BCUT2D eigenvalue weighted by atomic mass is 28.4. The van der Waals surface area contributed by atoms with Gasteiger partial charge in [0.05, 0.1) is 0 Å². The van der Waals surface area contributed by atoms with Crippen LogP contribution in [0.25, 0.3) is 0 Å². The van der Waals surface area contributed by atoms with Crippen LogP contribution in [0.3, 0.4) is 0 Å². The largest absolute Gasteiger partial charge is 0.432 e. The number of Topliss-reactive ketones (excluding diaryl/α,β-unsaturated/α-hetero) is 1. The van der Waals surface area contributed by atoms with Crippen LogP contribution in [0.15, 0.2) is 12.2 Å². The van der Waals surface area contributed by atoms with Gasteiger partial charge in [-0.25, -0.2) is 0 Å².